The van der Waals surface area contributed by atoms with Gasteiger partial charge >= 0.3 is 11.3 Å². The lowest BCUT2D eigenvalue weighted by Gasteiger charge is -2.39. The fourth-order valence-electron chi connectivity index (χ4n) is 4.54. The van der Waals surface area contributed by atoms with Gasteiger partial charge in [-0.1, -0.05) is 0 Å². The number of rotatable bonds is 4. The number of ether oxygens (including phenoxy) is 3. The van der Waals surface area contributed by atoms with Gasteiger partial charge < -0.3 is 48.4 Å². The van der Waals surface area contributed by atoms with Crippen molar-refractivity contribution in [3.05, 3.63) is 38.5 Å². The minimum Gasteiger partial charge on any atom is -0.490 e. The minimum atomic E-state index is -1.73. The van der Waals surface area contributed by atoms with Crippen LogP contribution in [0.4, 0.5) is 0 Å². The Labute approximate surface area is 193 Å². The van der Waals surface area contributed by atoms with Crippen molar-refractivity contribution in [3.8, 4) is 17.2 Å². The lowest BCUT2D eigenvalue weighted by molar-refractivity contribution is -0.277. The van der Waals surface area contributed by atoms with E-state index in [9.17, 15) is 30.0 Å². The summed E-state index contributed by atoms with van der Waals surface area (Å²) in [6.07, 6.45) is -7.84. The van der Waals surface area contributed by atoms with Crippen molar-refractivity contribution < 1.29 is 53.2 Å². The molecule has 1 saturated heterocycles. The van der Waals surface area contributed by atoms with E-state index in [0.717, 1.165) is 0 Å². The summed E-state index contributed by atoms with van der Waals surface area (Å²) < 4.78 is 27.5. The van der Waals surface area contributed by atoms with Crippen LogP contribution in [0, 0.1) is 0 Å². The minimum absolute atomic E-state index is 0.00931. The summed E-state index contributed by atoms with van der Waals surface area (Å²) in [6, 6.07) is 2.78. The normalized spacial score (nSPS) is 26.4. The summed E-state index contributed by atoms with van der Waals surface area (Å²) in [4.78, 5) is 36.0. The van der Waals surface area contributed by atoms with E-state index in [1.807, 2.05) is 0 Å². The van der Waals surface area contributed by atoms with Crippen molar-refractivity contribution in [1.29, 1.82) is 0 Å². The van der Waals surface area contributed by atoms with Crippen molar-refractivity contribution in [2.24, 2.45) is 0 Å². The number of benzene rings is 2. The summed E-state index contributed by atoms with van der Waals surface area (Å²) in [5.74, 6) is -0.134. The summed E-state index contributed by atoms with van der Waals surface area (Å²) in [7, 11) is 1.27. The van der Waals surface area contributed by atoms with E-state index in [1.54, 1.807) is 0 Å². The second kappa shape index (κ2) is 7.78. The second-order valence-corrected chi connectivity index (χ2v) is 8.22. The van der Waals surface area contributed by atoms with E-state index < -0.39 is 48.6 Å². The van der Waals surface area contributed by atoms with Gasteiger partial charge in [0.1, 0.15) is 31.0 Å². The van der Waals surface area contributed by atoms with Gasteiger partial charge in [0.15, 0.2) is 16.9 Å². The van der Waals surface area contributed by atoms with Crippen LogP contribution in [-0.2, 0) is 16.2 Å². The van der Waals surface area contributed by atoms with Gasteiger partial charge in [-0.05, 0) is 12.1 Å². The monoisotopic (exact) mass is 490 g/mol. The van der Waals surface area contributed by atoms with Gasteiger partial charge in [0.2, 0.25) is 17.8 Å². The third kappa shape index (κ3) is 3.03. The van der Waals surface area contributed by atoms with E-state index in [2.05, 4.69) is 0 Å². The third-order valence-electron chi connectivity index (χ3n) is 6.25. The van der Waals surface area contributed by atoms with E-state index >= 15 is 0 Å². The van der Waals surface area contributed by atoms with E-state index in [1.165, 1.54) is 19.2 Å². The molecule has 0 unspecified atom stereocenters. The van der Waals surface area contributed by atoms with Gasteiger partial charge in [0.25, 0.3) is 0 Å². The number of hydrogen-bond acceptors (Lipinski definition) is 13. The SMILES string of the molecule is COc1c(O[C@@H]2O[C@H](CO)[C@@H](O)[C@H](O)[C@H]2O)cc2c(=O)oc3c4c(cc5c(=O)oc1c2c35)COO4. The molecule has 4 N–H and O–H groups in total. The number of methoxy groups -OCH3 is 1. The van der Waals surface area contributed by atoms with Crippen molar-refractivity contribution in [2.75, 3.05) is 13.7 Å². The van der Waals surface area contributed by atoms with Crippen LogP contribution in [0.5, 0.6) is 17.2 Å². The molecule has 0 spiro atoms. The molecule has 5 atom stereocenters. The Morgan fingerprint density at radius 3 is 2.37 bits per heavy atom. The van der Waals surface area contributed by atoms with Crippen LogP contribution in [0.25, 0.3) is 32.7 Å². The Morgan fingerprint density at radius 1 is 0.971 bits per heavy atom. The van der Waals surface area contributed by atoms with Crippen molar-refractivity contribution in [1.82, 2.24) is 0 Å². The van der Waals surface area contributed by atoms with Gasteiger partial charge in [0, 0.05) is 16.3 Å². The molecule has 1 fully saturated rings. The van der Waals surface area contributed by atoms with E-state index in [0.29, 0.717) is 5.56 Å². The largest absolute Gasteiger partial charge is 0.490 e. The molecule has 2 aromatic carbocycles. The molecule has 0 amide bonds. The predicted molar refractivity (Wildman–Crippen MR) is 114 cm³/mol. The number of fused-ring (bicyclic) bond motifs is 2. The Hall–Kier alpha value is -3.46. The number of hydrogen-bond donors (Lipinski definition) is 4. The predicted octanol–water partition coefficient (Wildman–Crippen LogP) is -0.498. The smallest absolute Gasteiger partial charge is 0.344 e. The van der Waals surface area contributed by atoms with Crippen molar-refractivity contribution >= 4 is 32.7 Å². The highest BCUT2D eigenvalue weighted by Gasteiger charge is 2.45. The lowest BCUT2D eigenvalue weighted by atomic mass is 9.99. The van der Waals surface area contributed by atoms with Crippen LogP contribution in [0.2, 0.25) is 0 Å². The highest BCUT2D eigenvalue weighted by Crippen LogP contribution is 2.45. The zero-order valence-corrected chi connectivity index (χ0v) is 17.9. The van der Waals surface area contributed by atoms with Crippen molar-refractivity contribution in [3.63, 3.8) is 0 Å². The molecule has 0 aliphatic carbocycles. The first kappa shape index (κ1) is 22.0. The van der Waals surface area contributed by atoms with Crippen LogP contribution >= 0.6 is 0 Å². The standard InChI is InChI=1S/C22H18O13/c1-29-17-9(31-22-15(26)14(25)13(24)10(4-23)32-22)3-8-12-11-7(20(27)34-19(12)17)2-6-5-30-35-16(6)18(11)33-21(8)28/h2-3,10,13-15,22-26H,4-5H2,1H3/t10-,13-,14+,15-,22-/m1/s1. The van der Waals surface area contributed by atoms with Gasteiger partial charge in [0.05, 0.1) is 24.5 Å². The maximum atomic E-state index is 13.0. The maximum absolute atomic E-state index is 13.0. The molecular formula is C22H18O13. The molecule has 0 radical (unpaired) electrons. The summed E-state index contributed by atoms with van der Waals surface area (Å²) in [5, 5.41) is 40.4. The van der Waals surface area contributed by atoms with E-state index in [-0.39, 0.29) is 56.6 Å². The Kier molecular flexibility index (Phi) is 4.90. The van der Waals surface area contributed by atoms with Gasteiger partial charge in [-0.2, -0.15) is 4.89 Å². The van der Waals surface area contributed by atoms with E-state index in [4.69, 9.17) is 32.8 Å². The van der Waals surface area contributed by atoms with Crippen LogP contribution < -0.4 is 25.6 Å². The average molecular weight is 490 g/mol. The molecule has 0 bridgehead atoms. The molecule has 184 valence electrons. The molecular weight excluding hydrogens is 472 g/mol. The quantitative estimate of drug-likeness (QED) is 0.163. The van der Waals surface area contributed by atoms with Gasteiger partial charge in [-0.25, -0.2) is 9.59 Å². The highest BCUT2D eigenvalue weighted by molar-refractivity contribution is 6.22. The van der Waals surface area contributed by atoms with Crippen LogP contribution in [0.15, 0.2) is 30.6 Å². The number of aliphatic hydroxyl groups is 4. The second-order valence-electron chi connectivity index (χ2n) is 8.22. The highest BCUT2D eigenvalue weighted by atomic mass is 17.2. The first-order chi connectivity index (χ1) is 16.8. The fourth-order valence-corrected chi connectivity index (χ4v) is 4.54. The zero-order chi connectivity index (χ0) is 24.6. The summed E-state index contributed by atoms with van der Waals surface area (Å²) in [6.45, 7) is -0.619. The van der Waals surface area contributed by atoms with Gasteiger partial charge in [-0.15, -0.1) is 0 Å². The van der Waals surface area contributed by atoms with Gasteiger partial charge in [-0.3, -0.25) is 0 Å². The van der Waals surface area contributed by atoms with Crippen LogP contribution in [0.3, 0.4) is 0 Å². The Bertz CT molecular complexity index is 1570. The molecule has 6 rings (SSSR count). The first-order valence-corrected chi connectivity index (χ1v) is 10.5. The first-order valence-electron chi connectivity index (χ1n) is 10.5. The molecule has 4 heterocycles. The third-order valence-corrected chi connectivity index (χ3v) is 6.25. The van der Waals surface area contributed by atoms with Crippen molar-refractivity contribution in [2.45, 2.75) is 37.3 Å². The molecule has 2 aliphatic heterocycles. The molecule has 2 aromatic heterocycles. The Morgan fingerprint density at radius 2 is 1.66 bits per heavy atom. The lowest BCUT2D eigenvalue weighted by Crippen LogP contribution is -2.60. The summed E-state index contributed by atoms with van der Waals surface area (Å²) >= 11 is 0. The zero-order valence-electron chi connectivity index (χ0n) is 17.9. The fraction of sp³-hybridized carbons (Fsp3) is 0.364. The average Bonchev–Trinajstić information content (AvgIpc) is 3.32. The molecule has 35 heavy (non-hydrogen) atoms. The Balaban J connectivity index is 1.59. The molecule has 0 saturated carbocycles. The molecule has 4 aromatic rings. The summed E-state index contributed by atoms with van der Waals surface area (Å²) in [5.41, 5.74) is -1.20. The maximum Gasteiger partial charge on any atom is 0.344 e. The molecule has 13 nitrogen and oxygen atoms in total. The van der Waals surface area contributed by atoms with Crippen LogP contribution in [-0.4, -0.2) is 64.8 Å². The topological polar surface area (TPSA) is 187 Å². The van der Waals surface area contributed by atoms with Crippen LogP contribution in [0.1, 0.15) is 5.56 Å². The molecule has 2 aliphatic rings. The number of aliphatic hydroxyl groups excluding tert-OH is 4. The molecule has 13 heteroatoms.